The van der Waals surface area contributed by atoms with Crippen molar-refractivity contribution in [2.45, 2.75) is 46.0 Å². The third-order valence-electron chi connectivity index (χ3n) is 3.30. The molecule has 0 saturated heterocycles. The van der Waals surface area contributed by atoms with E-state index in [-0.39, 0.29) is 5.82 Å². The summed E-state index contributed by atoms with van der Waals surface area (Å²) in [6.07, 6.45) is 6.75. The van der Waals surface area contributed by atoms with Gasteiger partial charge in [0, 0.05) is 12.8 Å². The molecule has 1 atom stereocenters. The van der Waals surface area contributed by atoms with E-state index < -0.39 is 6.72 Å². The maximum Gasteiger partial charge on any atom is 0.354 e. The number of hydrogen-bond donors (Lipinski definition) is 0. The summed E-state index contributed by atoms with van der Waals surface area (Å²) in [5.41, 5.74) is 0.609. The Hall–Kier alpha value is -0.840. The van der Waals surface area contributed by atoms with Crippen LogP contribution < -0.4 is 0 Å². The molecule has 0 aliphatic rings. The Labute approximate surface area is 149 Å². The molecule has 0 fully saturated rings. The van der Waals surface area contributed by atoms with Gasteiger partial charge in [-0.3, -0.25) is 9.24 Å². The molecule has 1 unspecified atom stereocenters. The maximum atomic E-state index is 13.1. The predicted octanol–water partition coefficient (Wildman–Crippen LogP) is 6.27. The first-order chi connectivity index (χ1) is 11.5. The molecule has 0 aliphatic carbocycles. The zero-order valence-corrected chi connectivity index (χ0v) is 16.5. The van der Waals surface area contributed by atoms with E-state index in [1.54, 1.807) is 23.9 Å². The first kappa shape index (κ1) is 21.2. The smallest absolute Gasteiger partial charge is 0.306 e. The lowest BCUT2D eigenvalue weighted by Crippen LogP contribution is -2.13. The number of unbranched alkanes of at least 4 members (excludes halogenated alkanes) is 3. The molecule has 0 N–H and O–H groups in total. The molecule has 1 aromatic carbocycles. The number of halogens is 1. The summed E-state index contributed by atoms with van der Waals surface area (Å²) in [5, 5.41) is 0. The fourth-order valence-corrected chi connectivity index (χ4v) is 5.63. The molecule has 1 aromatic rings. The van der Waals surface area contributed by atoms with Crippen LogP contribution in [-0.4, -0.2) is 30.4 Å². The minimum Gasteiger partial charge on any atom is -0.306 e. The van der Waals surface area contributed by atoms with Gasteiger partial charge >= 0.3 is 6.72 Å². The van der Waals surface area contributed by atoms with E-state index in [0.717, 1.165) is 37.9 Å². The Morgan fingerprint density at radius 3 is 2.54 bits per heavy atom. The van der Waals surface area contributed by atoms with Gasteiger partial charge < -0.3 is 4.52 Å². The Kier molecular flexibility index (Phi) is 10.3. The van der Waals surface area contributed by atoms with Gasteiger partial charge in [0.2, 0.25) is 0 Å². The highest BCUT2D eigenvalue weighted by molar-refractivity contribution is 8.55. The number of benzene rings is 1. The minimum absolute atomic E-state index is 0.304. The number of hydrogen-bond acceptors (Lipinski definition) is 4. The Bertz CT molecular complexity index is 540. The Morgan fingerprint density at radius 1 is 1.21 bits per heavy atom. The van der Waals surface area contributed by atoms with Crippen molar-refractivity contribution in [3.05, 3.63) is 30.1 Å². The van der Waals surface area contributed by atoms with Gasteiger partial charge in [-0.2, -0.15) is 0 Å². The molecule has 0 aromatic heterocycles. The third kappa shape index (κ3) is 7.82. The zero-order valence-electron chi connectivity index (χ0n) is 14.8. The van der Waals surface area contributed by atoms with Gasteiger partial charge in [-0.05, 0) is 48.5 Å². The summed E-state index contributed by atoms with van der Waals surface area (Å²) < 4.78 is 33.3. The topological polar surface area (TPSA) is 41.9 Å². The van der Waals surface area contributed by atoms with Crippen LogP contribution in [0, 0.1) is 5.82 Å². The third-order valence-corrected chi connectivity index (χ3v) is 8.22. The van der Waals surface area contributed by atoms with Crippen molar-refractivity contribution in [2.24, 2.45) is 4.99 Å². The van der Waals surface area contributed by atoms with E-state index in [4.69, 9.17) is 4.52 Å². The van der Waals surface area contributed by atoms with Crippen molar-refractivity contribution in [1.29, 1.82) is 0 Å². The molecule has 136 valence electrons. The molecule has 24 heavy (non-hydrogen) atoms. The highest BCUT2D eigenvalue weighted by Gasteiger charge is 2.28. The van der Waals surface area contributed by atoms with Gasteiger partial charge in [-0.1, -0.05) is 33.1 Å². The van der Waals surface area contributed by atoms with Crippen LogP contribution in [0.4, 0.5) is 10.1 Å². The second-order valence-corrected chi connectivity index (χ2v) is 10.1. The average molecular weight is 374 g/mol. The highest BCUT2D eigenvalue weighted by Crippen LogP contribution is 2.61. The van der Waals surface area contributed by atoms with Crippen LogP contribution in [0.5, 0.6) is 0 Å². The summed E-state index contributed by atoms with van der Waals surface area (Å²) in [6.45, 7) is 1.70. The number of rotatable bonds is 12. The van der Waals surface area contributed by atoms with E-state index in [2.05, 4.69) is 11.9 Å². The van der Waals surface area contributed by atoms with Gasteiger partial charge in [-0.15, -0.1) is 0 Å². The Balaban J connectivity index is 2.66. The van der Waals surface area contributed by atoms with Crippen LogP contribution in [0.1, 0.15) is 46.0 Å². The molecule has 0 bridgehead atoms. The molecule has 0 amide bonds. The van der Waals surface area contributed by atoms with Gasteiger partial charge in [0.15, 0.2) is 0 Å². The van der Waals surface area contributed by atoms with E-state index in [0.29, 0.717) is 12.3 Å². The standard InChI is InChI=1S/C17H28FN2O2PS/c1-4-6-7-8-13-22-23(21,24-14-5-2)20(3)15-19-17-11-9-16(18)10-12-17/h9-12,15H,4-8,13-14H2,1-3H3. The van der Waals surface area contributed by atoms with Crippen LogP contribution in [0.25, 0.3) is 0 Å². The van der Waals surface area contributed by atoms with Crippen LogP contribution in [0.3, 0.4) is 0 Å². The first-order valence-corrected chi connectivity index (χ1v) is 11.6. The lowest BCUT2D eigenvalue weighted by Gasteiger charge is -2.25. The second kappa shape index (κ2) is 11.7. The fourth-order valence-electron chi connectivity index (χ4n) is 1.88. The van der Waals surface area contributed by atoms with E-state index in [9.17, 15) is 8.96 Å². The molecular formula is C17H28FN2O2PS. The largest absolute Gasteiger partial charge is 0.354 e. The minimum atomic E-state index is -3.00. The summed E-state index contributed by atoms with van der Waals surface area (Å²) >= 11 is 1.34. The first-order valence-electron chi connectivity index (χ1n) is 8.44. The van der Waals surface area contributed by atoms with Crippen molar-refractivity contribution in [3.63, 3.8) is 0 Å². The molecule has 1 rings (SSSR count). The molecule has 0 saturated carbocycles. The lowest BCUT2D eigenvalue weighted by molar-refractivity contribution is 0.295. The van der Waals surface area contributed by atoms with Crippen LogP contribution >= 0.6 is 18.1 Å². The van der Waals surface area contributed by atoms with Crippen molar-refractivity contribution in [2.75, 3.05) is 19.4 Å². The van der Waals surface area contributed by atoms with Gasteiger partial charge in [0.1, 0.15) is 5.82 Å². The monoisotopic (exact) mass is 374 g/mol. The fraction of sp³-hybridized carbons (Fsp3) is 0.588. The molecule has 0 heterocycles. The van der Waals surface area contributed by atoms with Crippen molar-refractivity contribution in [3.8, 4) is 0 Å². The molecule has 0 radical (unpaired) electrons. The summed E-state index contributed by atoms with van der Waals surface area (Å²) in [4.78, 5) is 4.25. The second-order valence-electron chi connectivity index (χ2n) is 5.49. The molecule has 7 heteroatoms. The van der Waals surface area contributed by atoms with Gasteiger partial charge in [0.05, 0.1) is 18.6 Å². The van der Waals surface area contributed by atoms with Crippen molar-refractivity contribution >= 4 is 30.1 Å². The normalized spacial score (nSPS) is 14.0. The van der Waals surface area contributed by atoms with Crippen LogP contribution in [0.2, 0.25) is 0 Å². The van der Waals surface area contributed by atoms with Crippen molar-refractivity contribution < 1.29 is 13.5 Å². The summed E-state index contributed by atoms with van der Waals surface area (Å²) in [6, 6.07) is 5.86. The van der Waals surface area contributed by atoms with E-state index >= 15 is 0 Å². The molecule has 0 aliphatic heterocycles. The van der Waals surface area contributed by atoms with Gasteiger partial charge in [0.25, 0.3) is 0 Å². The average Bonchev–Trinajstić information content (AvgIpc) is 2.59. The quantitative estimate of drug-likeness (QED) is 0.187. The highest BCUT2D eigenvalue weighted by atomic mass is 32.7. The number of nitrogens with zero attached hydrogens (tertiary/aromatic N) is 2. The lowest BCUT2D eigenvalue weighted by atomic mass is 10.2. The van der Waals surface area contributed by atoms with Crippen molar-refractivity contribution in [1.82, 2.24) is 4.67 Å². The molecule has 4 nitrogen and oxygen atoms in total. The predicted molar refractivity (Wildman–Crippen MR) is 103 cm³/mol. The summed E-state index contributed by atoms with van der Waals surface area (Å²) in [7, 11) is 1.71. The number of aliphatic imine (C=N–C) groups is 1. The zero-order chi connectivity index (χ0) is 17.8. The van der Waals surface area contributed by atoms with Crippen LogP contribution in [-0.2, 0) is 9.09 Å². The van der Waals surface area contributed by atoms with E-state index in [1.807, 2.05) is 6.92 Å². The van der Waals surface area contributed by atoms with Gasteiger partial charge in [-0.25, -0.2) is 9.38 Å². The van der Waals surface area contributed by atoms with Crippen LogP contribution in [0.15, 0.2) is 29.3 Å². The summed E-state index contributed by atoms with van der Waals surface area (Å²) in [5.74, 6) is 0.461. The molecule has 0 spiro atoms. The molecular weight excluding hydrogens is 346 g/mol. The maximum absolute atomic E-state index is 13.1. The van der Waals surface area contributed by atoms with E-state index in [1.165, 1.54) is 29.9 Å². The SMILES string of the molecule is CCCCCCOP(=O)(SCCC)N(C)C=Nc1ccc(F)cc1. The Morgan fingerprint density at radius 2 is 1.92 bits per heavy atom.